The topological polar surface area (TPSA) is 68.5 Å². The Labute approximate surface area is 151 Å². The van der Waals surface area contributed by atoms with Gasteiger partial charge < -0.3 is 14.1 Å². The third-order valence-electron chi connectivity index (χ3n) is 4.71. The van der Waals surface area contributed by atoms with Crippen molar-refractivity contribution in [2.24, 2.45) is 5.92 Å². The molecule has 0 saturated carbocycles. The van der Waals surface area contributed by atoms with Crippen LogP contribution in [0.3, 0.4) is 0 Å². The first kappa shape index (κ1) is 16.7. The maximum atomic E-state index is 12.8. The van der Waals surface area contributed by atoms with Crippen LogP contribution in [0, 0.1) is 12.8 Å². The summed E-state index contributed by atoms with van der Waals surface area (Å²) >= 11 is 0. The molecule has 0 N–H and O–H groups in total. The molecule has 3 heterocycles. The fraction of sp³-hybridized carbons (Fsp3) is 0.350. The molecule has 4 rings (SSSR count). The number of amides is 1. The van der Waals surface area contributed by atoms with E-state index in [-0.39, 0.29) is 11.8 Å². The molecule has 1 aliphatic rings. The number of ether oxygens (including phenoxy) is 1. The van der Waals surface area contributed by atoms with E-state index in [0.29, 0.717) is 37.8 Å². The first-order valence-corrected chi connectivity index (χ1v) is 8.82. The Morgan fingerprint density at radius 1 is 1.31 bits per heavy atom. The van der Waals surface area contributed by atoms with Gasteiger partial charge in [0.2, 0.25) is 0 Å². The molecule has 2 aromatic heterocycles. The Bertz CT molecular complexity index is 921. The largest absolute Gasteiger partial charge is 0.464 e. The molecular formula is C20H21N3O3. The van der Waals surface area contributed by atoms with Gasteiger partial charge in [-0.1, -0.05) is 12.1 Å². The molecule has 3 aromatic rings. The van der Waals surface area contributed by atoms with Gasteiger partial charge >= 0.3 is 0 Å². The lowest BCUT2D eigenvalue weighted by Crippen LogP contribution is -2.37. The van der Waals surface area contributed by atoms with E-state index in [9.17, 15) is 4.79 Å². The Morgan fingerprint density at radius 3 is 3.12 bits per heavy atom. The van der Waals surface area contributed by atoms with Gasteiger partial charge in [0.25, 0.3) is 5.91 Å². The molecule has 6 heteroatoms. The molecule has 1 aliphatic heterocycles. The summed E-state index contributed by atoms with van der Waals surface area (Å²) in [7, 11) is 0. The van der Waals surface area contributed by atoms with Crippen molar-refractivity contribution in [1.29, 1.82) is 0 Å². The summed E-state index contributed by atoms with van der Waals surface area (Å²) in [5.74, 6) is 0.766. The molecule has 0 radical (unpaired) electrons. The number of benzene rings is 1. The lowest BCUT2D eigenvalue weighted by atomic mass is 9.97. The fourth-order valence-corrected chi connectivity index (χ4v) is 3.47. The Kier molecular flexibility index (Phi) is 4.67. The maximum Gasteiger partial charge on any atom is 0.272 e. The zero-order valence-corrected chi connectivity index (χ0v) is 14.7. The zero-order valence-electron chi connectivity index (χ0n) is 14.7. The van der Waals surface area contributed by atoms with Crippen molar-refractivity contribution in [2.45, 2.75) is 13.3 Å². The first-order valence-electron chi connectivity index (χ1n) is 8.82. The van der Waals surface area contributed by atoms with Crippen molar-refractivity contribution in [1.82, 2.24) is 14.9 Å². The standard InChI is InChI=1S/C20H21N3O3/c1-14-21-7-5-18(22-14)20(24)23-8-10-25-13-15(12-23)11-16-3-2-4-19-17(16)6-9-26-19/h2-7,9,15H,8,10-13H2,1H3. The summed E-state index contributed by atoms with van der Waals surface area (Å²) in [5.41, 5.74) is 2.55. The predicted molar refractivity (Wildman–Crippen MR) is 96.9 cm³/mol. The van der Waals surface area contributed by atoms with Crippen molar-refractivity contribution in [2.75, 3.05) is 26.3 Å². The highest BCUT2D eigenvalue weighted by Gasteiger charge is 2.25. The third kappa shape index (κ3) is 3.46. The summed E-state index contributed by atoms with van der Waals surface area (Å²) in [6.45, 7) is 4.20. The number of carbonyl (C=O) groups excluding carboxylic acids is 1. The van der Waals surface area contributed by atoms with Crippen LogP contribution < -0.4 is 0 Å². The molecule has 6 nitrogen and oxygen atoms in total. The number of carbonyl (C=O) groups is 1. The number of hydrogen-bond donors (Lipinski definition) is 0. The van der Waals surface area contributed by atoms with Crippen LogP contribution in [0.5, 0.6) is 0 Å². The van der Waals surface area contributed by atoms with E-state index in [0.717, 1.165) is 17.4 Å². The van der Waals surface area contributed by atoms with Crippen LogP contribution in [0.25, 0.3) is 11.0 Å². The second kappa shape index (κ2) is 7.25. The molecule has 1 fully saturated rings. The minimum atomic E-state index is -0.0625. The lowest BCUT2D eigenvalue weighted by Gasteiger charge is -2.23. The highest BCUT2D eigenvalue weighted by molar-refractivity contribution is 5.92. The predicted octanol–water partition coefficient (Wildman–Crippen LogP) is 2.86. The van der Waals surface area contributed by atoms with E-state index < -0.39 is 0 Å². The molecule has 0 spiro atoms. The third-order valence-corrected chi connectivity index (χ3v) is 4.71. The van der Waals surface area contributed by atoms with Gasteiger partial charge in [-0.15, -0.1) is 0 Å². The molecule has 0 bridgehead atoms. The minimum Gasteiger partial charge on any atom is -0.464 e. The van der Waals surface area contributed by atoms with E-state index in [4.69, 9.17) is 9.15 Å². The van der Waals surface area contributed by atoms with Crippen LogP contribution in [0.15, 0.2) is 47.2 Å². The zero-order chi connectivity index (χ0) is 17.9. The summed E-state index contributed by atoms with van der Waals surface area (Å²) < 4.78 is 11.3. The average Bonchev–Trinajstić information content (AvgIpc) is 3.01. The van der Waals surface area contributed by atoms with Crippen molar-refractivity contribution in [3.05, 3.63) is 59.9 Å². The van der Waals surface area contributed by atoms with Crippen LogP contribution in [-0.2, 0) is 11.2 Å². The van der Waals surface area contributed by atoms with Crippen LogP contribution in [-0.4, -0.2) is 47.1 Å². The van der Waals surface area contributed by atoms with E-state index >= 15 is 0 Å². The van der Waals surface area contributed by atoms with Crippen molar-refractivity contribution >= 4 is 16.9 Å². The van der Waals surface area contributed by atoms with Gasteiger partial charge in [-0.2, -0.15) is 0 Å². The van der Waals surface area contributed by atoms with Crippen molar-refractivity contribution in [3.8, 4) is 0 Å². The van der Waals surface area contributed by atoms with E-state index in [1.54, 1.807) is 25.5 Å². The molecule has 134 valence electrons. The van der Waals surface area contributed by atoms with Gasteiger partial charge in [0.05, 0.1) is 19.5 Å². The van der Waals surface area contributed by atoms with Gasteiger partial charge in [0, 0.05) is 30.6 Å². The normalized spacial score (nSPS) is 18.0. The van der Waals surface area contributed by atoms with Gasteiger partial charge in [0.1, 0.15) is 17.1 Å². The number of furan rings is 1. The number of fused-ring (bicyclic) bond motifs is 1. The van der Waals surface area contributed by atoms with Crippen molar-refractivity contribution < 1.29 is 13.9 Å². The summed E-state index contributed by atoms with van der Waals surface area (Å²) in [4.78, 5) is 23.0. The molecule has 1 unspecified atom stereocenters. The molecule has 26 heavy (non-hydrogen) atoms. The lowest BCUT2D eigenvalue weighted by molar-refractivity contribution is 0.0731. The molecule has 1 amide bonds. The van der Waals surface area contributed by atoms with E-state index in [2.05, 4.69) is 16.0 Å². The Hall–Kier alpha value is -2.73. The summed E-state index contributed by atoms with van der Waals surface area (Å²) in [6, 6.07) is 9.75. The van der Waals surface area contributed by atoms with Crippen LogP contribution in [0.4, 0.5) is 0 Å². The highest BCUT2D eigenvalue weighted by Crippen LogP contribution is 2.24. The number of rotatable bonds is 3. The number of aryl methyl sites for hydroxylation is 1. The fourth-order valence-electron chi connectivity index (χ4n) is 3.47. The maximum absolute atomic E-state index is 12.8. The number of aromatic nitrogens is 2. The Morgan fingerprint density at radius 2 is 2.23 bits per heavy atom. The van der Waals surface area contributed by atoms with Crippen LogP contribution in [0.2, 0.25) is 0 Å². The monoisotopic (exact) mass is 351 g/mol. The number of hydrogen-bond acceptors (Lipinski definition) is 5. The van der Waals surface area contributed by atoms with Gasteiger partial charge in [-0.05, 0) is 37.1 Å². The molecule has 0 aliphatic carbocycles. The minimum absolute atomic E-state index is 0.0625. The van der Waals surface area contributed by atoms with E-state index in [1.807, 2.05) is 23.1 Å². The molecule has 1 aromatic carbocycles. The molecular weight excluding hydrogens is 330 g/mol. The Balaban J connectivity index is 1.52. The van der Waals surface area contributed by atoms with E-state index in [1.165, 1.54) is 5.56 Å². The molecule has 1 atom stereocenters. The first-order chi connectivity index (χ1) is 12.7. The second-order valence-corrected chi connectivity index (χ2v) is 6.63. The summed E-state index contributed by atoms with van der Waals surface area (Å²) in [5, 5.41) is 1.13. The second-order valence-electron chi connectivity index (χ2n) is 6.63. The van der Waals surface area contributed by atoms with Gasteiger partial charge in [-0.25, -0.2) is 9.97 Å². The average molecular weight is 351 g/mol. The van der Waals surface area contributed by atoms with Crippen LogP contribution in [0.1, 0.15) is 21.9 Å². The number of nitrogens with zero attached hydrogens (tertiary/aromatic N) is 3. The van der Waals surface area contributed by atoms with Crippen molar-refractivity contribution in [3.63, 3.8) is 0 Å². The quantitative estimate of drug-likeness (QED) is 0.726. The van der Waals surface area contributed by atoms with Gasteiger partial charge in [0.15, 0.2) is 0 Å². The van der Waals surface area contributed by atoms with Gasteiger partial charge in [-0.3, -0.25) is 4.79 Å². The van der Waals surface area contributed by atoms with Crippen LogP contribution >= 0.6 is 0 Å². The smallest absolute Gasteiger partial charge is 0.272 e. The molecule has 1 saturated heterocycles. The summed E-state index contributed by atoms with van der Waals surface area (Å²) in [6.07, 6.45) is 4.18. The highest BCUT2D eigenvalue weighted by atomic mass is 16.5. The SMILES string of the molecule is Cc1nccc(C(=O)N2CCOCC(Cc3cccc4occc34)C2)n1.